The average Bonchev–Trinajstić information content (AvgIpc) is 3.43. The summed E-state index contributed by atoms with van der Waals surface area (Å²) in [5.74, 6) is -4.41. The van der Waals surface area contributed by atoms with Crippen molar-refractivity contribution in [3.05, 3.63) is 52.3 Å². The van der Waals surface area contributed by atoms with Crippen molar-refractivity contribution in [3.63, 3.8) is 0 Å². The summed E-state index contributed by atoms with van der Waals surface area (Å²) < 4.78 is 41.7. The molecular weight excluding hydrogens is 503 g/mol. The summed E-state index contributed by atoms with van der Waals surface area (Å²) in [6.45, 7) is 0.678. The smallest absolute Gasteiger partial charge is 0.194 e. The molecule has 33 heavy (non-hydrogen) atoms. The predicted octanol–water partition coefficient (Wildman–Crippen LogP) is 3.27. The fraction of sp³-hybridized carbons (Fsp3) is 0.400. The van der Waals surface area contributed by atoms with Crippen LogP contribution in [-0.4, -0.2) is 65.6 Å². The molecule has 4 atom stereocenters. The summed E-state index contributed by atoms with van der Waals surface area (Å²) in [4.78, 5) is 0. The molecule has 0 radical (unpaired) electrons. The topological polar surface area (TPSA) is 112 Å². The highest BCUT2D eigenvalue weighted by atomic mass is 35.5. The van der Waals surface area contributed by atoms with Crippen LogP contribution in [0.3, 0.4) is 0 Å². The van der Waals surface area contributed by atoms with Crippen molar-refractivity contribution >= 4 is 34.7 Å². The van der Waals surface area contributed by atoms with E-state index in [0.717, 1.165) is 16.3 Å². The molecule has 0 aliphatic carbocycles. The van der Waals surface area contributed by atoms with Crippen LogP contribution in [0, 0.1) is 17.5 Å². The SMILES string of the molecule is CC(CO)(CC([C@@H](O)C(O)CO)n1cc(-c2cc(F)c(F)c(F)c2)nn1)Sc1cc(Cl)cs1. The van der Waals surface area contributed by atoms with Crippen molar-refractivity contribution in [2.75, 3.05) is 13.2 Å². The molecule has 2 aromatic heterocycles. The third-order valence-electron chi connectivity index (χ3n) is 4.97. The Hall–Kier alpha value is -1.67. The molecule has 0 bridgehead atoms. The second-order valence-corrected chi connectivity index (χ2v) is 10.9. The van der Waals surface area contributed by atoms with Crippen LogP contribution in [0.5, 0.6) is 0 Å². The zero-order valence-corrected chi connectivity index (χ0v) is 19.6. The van der Waals surface area contributed by atoms with E-state index in [1.807, 2.05) is 0 Å². The van der Waals surface area contributed by atoms with E-state index in [1.165, 1.54) is 34.0 Å². The summed E-state index contributed by atoms with van der Waals surface area (Å²) in [6.07, 6.45) is -1.73. The third-order valence-corrected chi connectivity index (χ3v) is 7.69. The minimum Gasteiger partial charge on any atom is -0.395 e. The van der Waals surface area contributed by atoms with Gasteiger partial charge in [0.25, 0.3) is 0 Å². The van der Waals surface area contributed by atoms with Gasteiger partial charge in [0.15, 0.2) is 17.5 Å². The highest BCUT2D eigenvalue weighted by Gasteiger charge is 2.37. The number of aliphatic hydroxyl groups excluding tert-OH is 4. The molecule has 0 aliphatic heterocycles. The molecule has 0 saturated carbocycles. The molecule has 0 amide bonds. The maximum Gasteiger partial charge on any atom is 0.194 e. The van der Waals surface area contributed by atoms with Crippen LogP contribution in [0.1, 0.15) is 19.4 Å². The van der Waals surface area contributed by atoms with Gasteiger partial charge in [0.1, 0.15) is 17.9 Å². The van der Waals surface area contributed by atoms with Gasteiger partial charge in [-0.05, 0) is 31.5 Å². The molecular formula is C20H21ClF3N3O4S2. The number of hydrogen-bond acceptors (Lipinski definition) is 8. The van der Waals surface area contributed by atoms with Gasteiger partial charge in [-0.2, -0.15) is 0 Å². The van der Waals surface area contributed by atoms with Crippen molar-refractivity contribution in [3.8, 4) is 11.3 Å². The van der Waals surface area contributed by atoms with Crippen LogP contribution >= 0.6 is 34.7 Å². The van der Waals surface area contributed by atoms with Gasteiger partial charge in [0, 0.05) is 15.7 Å². The van der Waals surface area contributed by atoms with E-state index < -0.39 is 47.1 Å². The molecule has 13 heteroatoms. The van der Waals surface area contributed by atoms with Gasteiger partial charge in [0.2, 0.25) is 0 Å². The standard InChI is InChI=1S/C20H21ClF3N3O4S2/c1-20(9-29,33-17-4-11(21)8-32-17)5-15(19(31)16(30)7-28)27-6-14(25-26-27)10-2-12(22)18(24)13(23)3-10/h2-4,6,8,15-16,19,28-31H,5,7,9H2,1H3/t15?,16?,19-,20?/m1/s1. The molecule has 180 valence electrons. The van der Waals surface area contributed by atoms with E-state index in [1.54, 1.807) is 18.4 Å². The molecule has 0 aliphatic rings. The number of nitrogens with zero attached hydrogens (tertiary/aromatic N) is 3. The first-order valence-corrected chi connectivity index (χ1v) is 11.7. The lowest BCUT2D eigenvalue weighted by atomic mass is 9.94. The lowest BCUT2D eigenvalue weighted by Gasteiger charge is -2.34. The fourth-order valence-electron chi connectivity index (χ4n) is 3.18. The number of benzene rings is 1. The summed E-state index contributed by atoms with van der Waals surface area (Å²) in [6, 6.07) is 2.25. The zero-order chi connectivity index (χ0) is 24.3. The van der Waals surface area contributed by atoms with E-state index in [2.05, 4.69) is 10.3 Å². The second kappa shape index (κ2) is 10.7. The van der Waals surface area contributed by atoms with Crippen LogP contribution in [0.25, 0.3) is 11.3 Å². The summed E-state index contributed by atoms with van der Waals surface area (Å²) in [5, 5.41) is 50.2. The Labute approximate surface area is 200 Å². The van der Waals surface area contributed by atoms with Gasteiger partial charge in [-0.1, -0.05) is 16.8 Å². The van der Waals surface area contributed by atoms with Crippen LogP contribution in [0.4, 0.5) is 13.2 Å². The monoisotopic (exact) mass is 523 g/mol. The first kappa shape index (κ1) is 25.9. The zero-order valence-electron chi connectivity index (χ0n) is 17.2. The highest BCUT2D eigenvalue weighted by Crippen LogP contribution is 2.43. The number of halogens is 4. The van der Waals surface area contributed by atoms with Gasteiger partial charge in [-0.3, -0.25) is 0 Å². The summed E-state index contributed by atoms with van der Waals surface area (Å²) >= 11 is 8.65. The lowest BCUT2D eigenvalue weighted by molar-refractivity contribution is -0.0463. The molecule has 1 aromatic carbocycles. The Morgan fingerprint density at radius 3 is 2.39 bits per heavy atom. The van der Waals surface area contributed by atoms with Crippen LogP contribution < -0.4 is 0 Å². The minimum atomic E-state index is -1.62. The molecule has 3 aromatic rings. The van der Waals surface area contributed by atoms with E-state index in [9.17, 15) is 33.6 Å². The van der Waals surface area contributed by atoms with Crippen LogP contribution in [-0.2, 0) is 0 Å². The first-order chi connectivity index (χ1) is 15.6. The second-order valence-electron chi connectivity index (χ2n) is 7.64. The number of aromatic nitrogens is 3. The fourth-order valence-corrected chi connectivity index (χ4v) is 5.98. The predicted molar refractivity (Wildman–Crippen MR) is 119 cm³/mol. The number of aliphatic hydroxyl groups is 4. The Kier molecular flexibility index (Phi) is 8.43. The van der Waals surface area contributed by atoms with E-state index in [0.29, 0.717) is 5.02 Å². The molecule has 3 rings (SSSR count). The summed E-state index contributed by atoms with van der Waals surface area (Å²) in [7, 11) is 0. The van der Waals surface area contributed by atoms with Crippen LogP contribution in [0.15, 0.2) is 34.0 Å². The van der Waals surface area contributed by atoms with E-state index in [4.69, 9.17) is 11.6 Å². The van der Waals surface area contributed by atoms with Crippen molar-refractivity contribution in [1.82, 2.24) is 15.0 Å². The minimum absolute atomic E-state index is 0.00752. The normalized spacial score (nSPS) is 16.4. The third kappa shape index (κ3) is 6.07. The largest absolute Gasteiger partial charge is 0.395 e. The number of hydrogen-bond donors (Lipinski definition) is 4. The van der Waals surface area contributed by atoms with Crippen molar-refractivity contribution in [2.24, 2.45) is 0 Å². The maximum absolute atomic E-state index is 13.6. The van der Waals surface area contributed by atoms with Crippen molar-refractivity contribution in [1.29, 1.82) is 0 Å². The van der Waals surface area contributed by atoms with Crippen molar-refractivity contribution in [2.45, 2.75) is 40.6 Å². The lowest BCUT2D eigenvalue weighted by Crippen LogP contribution is -2.42. The van der Waals surface area contributed by atoms with Crippen LogP contribution in [0.2, 0.25) is 5.02 Å². The average molecular weight is 524 g/mol. The quantitative estimate of drug-likeness (QED) is 0.238. The molecule has 2 heterocycles. The van der Waals surface area contributed by atoms with Gasteiger partial charge in [-0.15, -0.1) is 28.2 Å². The highest BCUT2D eigenvalue weighted by molar-refractivity contribution is 8.02. The Bertz CT molecular complexity index is 1080. The van der Waals surface area contributed by atoms with Gasteiger partial charge < -0.3 is 20.4 Å². The molecule has 3 unspecified atom stereocenters. The van der Waals surface area contributed by atoms with Crippen molar-refractivity contribution < 1.29 is 33.6 Å². The van der Waals surface area contributed by atoms with Gasteiger partial charge >= 0.3 is 0 Å². The van der Waals surface area contributed by atoms with Gasteiger partial charge in [0.05, 0.1) is 34.7 Å². The molecule has 0 spiro atoms. The maximum atomic E-state index is 13.6. The first-order valence-electron chi connectivity index (χ1n) is 9.64. The Morgan fingerprint density at radius 1 is 1.18 bits per heavy atom. The Morgan fingerprint density at radius 2 is 1.85 bits per heavy atom. The molecule has 4 N–H and O–H groups in total. The number of rotatable bonds is 10. The Balaban J connectivity index is 1.94. The number of thiophene rings is 1. The molecule has 7 nitrogen and oxygen atoms in total. The summed E-state index contributed by atoms with van der Waals surface area (Å²) in [5.41, 5.74) is -0.0898. The number of thioether (sulfide) groups is 1. The van der Waals surface area contributed by atoms with Gasteiger partial charge in [-0.25, -0.2) is 17.9 Å². The molecule has 0 fully saturated rings. The van der Waals surface area contributed by atoms with E-state index >= 15 is 0 Å². The molecule has 0 saturated heterocycles. The van der Waals surface area contributed by atoms with E-state index in [-0.39, 0.29) is 24.3 Å².